The van der Waals surface area contributed by atoms with Crippen LogP contribution in [0.3, 0.4) is 0 Å². The van der Waals surface area contributed by atoms with Crippen LogP contribution in [0.15, 0.2) is 96.3 Å². The zero-order chi connectivity index (χ0) is 23.5. The maximum atomic E-state index is 13.2. The SMILES string of the molecule is Cc1ccc(C2C(C(=O)/C=C/c3ccccc3)=C(O)C(=O)N2c2cccc(C(=O)O)c2)cc1. The first-order chi connectivity index (χ1) is 15.9. The van der Waals surface area contributed by atoms with E-state index in [4.69, 9.17) is 0 Å². The number of ketones is 1. The summed E-state index contributed by atoms with van der Waals surface area (Å²) in [7, 11) is 0. The second-order valence-electron chi connectivity index (χ2n) is 7.71. The summed E-state index contributed by atoms with van der Waals surface area (Å²) in [5, 5.41) is 20.1. The van der Waals surface area contributed by atoms with Crippen LogP contribution in [-0.4, -0.2) is 27.9 Å². The number of aromatic carboxylic acids is 1. The third-order valence-corrected chi connectivity index (χ3v) is 5.46. The predicted octanol–water partition coefficient (Wildman–Crippen LogP) is 4.88. The number of amides is 1. The van der Waals surface area contributed by atoms with E-state index < -0.39 is 29.5 Å². The lowest BCUT2D eigenvalue weighted by Gasteiger charge is -2.27. The monoisotopic (exact) mass is 439 g/mol. The van der Waals surface area contributed by atoms with Crippen molar-refractivity contribution in [1.29, 1.82) is 0 Å². The molecule has 0 spiro atoms. The van der Waals surface area contributed by atoms with E-state index >= 15 is 0 Å². The number of carbonyl (C=O) groups excluding carboxylic acids is 2. The number of hydrogen-bond donors (Lipinski definition) is 2. The number of hydrogen-bond acceptors (Lipinski definition) is 4. The van der Waals surface area contributed by atoms with Crippen LogP contribution in [0.4, 0.5) is 5.69 Å². The van der Waals surface area contributed by atoms with E-state index in [0.717, 1.165) is 11.1 Å². The average molecular weight is 439 g/mol. The molecule has 0 radical (unpaired) electrons. The van der Waals surface area contributed by atoms with Gasteiger partial charge >= 0.3 is 5.97 Å². The predicted molar refractivity (Wildman–Crippen MR) is 125 cm³/mol. The van der Waals surface area contributed by atoms with Crippen molar-refractivity contribution in [1.82, 2.24) is 0 Å². The molecule has 0 aromatic heterocycles. The van der Waals surface area contributed by atoms with Gasteiger partial charge in [0.15, 0.2) is 11.5 Å². The number of aryl methyl sites for hydroxylation is 1. The van der Waals surface area contributed by atoms with Gasteiger partial charge in [0.05, 0.1) is 17.2 Å². The number of benzene rings is 3. The highest BCUT2D eigenvalue weighted by molar-refractivity contribution is 6.20. The fourth-order valence-electron chi connectivity index (χ4n) is 3.80. The molecule has 1 aliphatic rings. The van der Waals surface area contributed by atoms with Crippen molar-refractivity contribution in [3.05, 3.63) is 119 Å². The third-order valence-electron chi connectivity index (χ3n) is 5.46. The molecule has 1 heterocycles. The van der Waals surface area contributed by atoms with Crippen molar-refractivity contribution < 1.29 is 24.6 Å². The van der Waals surface area contributed by atoms with Gasteiger partial charge in [0.1, 0.15) is 0 Å². The molecule has 2 N–H and O–H groups in total. The zero-order valence-corrected chi connectivity index (χ0v) is 17.8. The highest BCUT2D eigenvalue weighted by atomic mass is 16.4. The van der Waals surface area contributed by atoms with Gasteiger partial charge < -0.3 is 10.2 Å². The topological polar surface area (TPSA) is 94.9 Å². The lowest BCUT2D eigenvalue weighted by atomic mass is 9.94. The molecule has 0 fully saturated rings. The number of carboxylic acid groups (broad SMARTS) is 1. The van der Waals surface area contributed by atoms with Gasteiger partial charge in [-0.2, -0.15) is 0 Å². The van der Waals surface area contributed by atoms with Crippen molar-refractivity contribution in [2.45, 2.75) is 13.0 Å². The number of anilines is 1. The molecule has 0 saturated carbocycles. The molecule has 1 atom stereocenters. The molecule has 164 valence electrons. The molecule has 0 saturated heterocycles. The standard InChI is InChI=1S/C27H21NO5/c1-17-10-13-19(14-11-17)24-23(22(29)15-12-18-6-3-2-4-7-18)25(30)26(31)28(24)21-9-5-8-20(16-21)27(32)33/h2-16,24,30H,1H3,(H,32,33)/b15-12+. The molecule has 3 aromatic rings. The summed E-state index contributed by atoms with van der Waals surface area (Å²) >= 11 is 0. The number of aliphatic hydroxyl groups is 1. The molecule has 3 aromatic carbocycles. The number of allylic oxidation sites excluding steroid dienone is 1. The van der Waals surface area contributed by atoms with E-state index in [-0.39, 0.29) is 16.8 Å². The lowest BCUT2D eigenvalue weighted by Crippen LogP contribution is -2.31. The van der Waals surface area contributed by atoms with Crippen molar-refractivity contribution in [2.24, 2.45) is 0 Å². The minimum Gasteiger partial charge on any atom is -0.503 e. The maximum Gasteiger partial charge on any atom is 0.335 e. The Morgan fingerprint density at radius 2 is 1.64 bits per heavy atom. The molecular weight excluding hydrogens is 418 g/mol. The summed E-state index contributed by atoms with van der Waals surface area (Å²) in [5.41, 5.74) is 2.62. The van der Waals surface area contributed by atoms with Crippen LogP contribution < -0.4 is 4.90 Å². The maximum absolute atomic E-state index is 13.2. The summed E-state index contributed by atoms with van der Waals surface area (Å²) in [6, 6.07) is 21.4. The smallest absolute Gasteiger partial charge is 0.335 e. The molecular formula is C27H21NO5. The van der Waals surface area contributed by atoms with Gasteiger partial charge in [0, 0.05) is 5.69 Å². The summed E-state index contributed by atoms with van der Waals surface area (Å²) in [4.78, 5) is 39.0. The van der Waals surface area contributed by atoms with Crippen LogP contribution in [0.2, 0.25) is 0 Å². The van der Waals surface area contributed by atoms with Crippen molar-refractivity contribution in [2.75, 3.05) is 4.90 Å². The van der Waals surface area contributed by atoms with E-state index in [1.807, 2.05) is 49.4 Å². The molecule has 4 rings (SSSR count). The van der Waals surface area contributed by atoms with Gasteiger partial charge in [0.25, 0.3) is 5.91 Å². The molecule has 6 nitrogen and oxygen atoms in total. The summed E-state index contributed by atoms with van der Waals surface area (Å²) in [6.45, 7) is 1.92. The number of carbonyl (C=O) groups is 3. The van der Waals surface area contributed by atoms with Gasteiger partial charge in [0.2, 0.25) is 0 Å². The van der Waals surface area contributed by atoms with Crippen LogP contribution in [-0.2, 0) is 9.59 Å². The summed E-state index contributed by atoms with van der Waals surface area (Å²) in [5.74, 6) is -3.06. The van der Waals surface area contributed by atoms with E-state index in [9.17, 15) is 24.6 Å². The normalized spacial score (nSPS) is 16.0. The first-order valence-electron chi connectivity index (χ1n) is 10.3. The molecule has 1 aliphatic heterocycles. The quantitative estimate of drug-likeness (QED) is 0.534. The Kier molecular flexibility index (Phi) is 5.91. The fraction of sp³-hybridized carbons (Fsp3) is 0.0741. The van der Waals surface area contributed by atoms with Crippen molar-refractivity contribution in [3.63, 3.8) is 0 Å². The van der Waals surface area contributed by atoms with E-state index in [1.54, 1.807) is 24.3 Å². The Morgan fingerprint density at radius 1 is 0.939 bits per heavy atom. The Bertz CT molecular complexity index is 1290. The van der Waals surface area contributed by atoms with E-state index in [0.29, 0.717) is 5.56 Å². The van der Waals surface area contributed by atoms with Gasteiger partial charge in [-0.05, 0) is 42.3 Å². The number of nitrogens with zero attached hydrogens (tertiary/aromatic N) is 1. The van der Waals surface area contributed by atoms with Gasteiger partial charge in [-0.25, -0.2) is 4.79 Å². The first kappa shape index (κ1) is 21.8. The van der Waals surface area contributed by atoms with Crippen molar-refractivity contribution in [3.8, 4) is 0 Å². The van der Waals surface area contributed by atoms with Crippen LogP contribution in [0.5, 0.6) is 0 Å². The molecule has 0 bridgehead atoms. The summed E-state index contributed by atoms with van der Waals surface area (Å²) in [6.07, 6.45) is 2.94. The minimum absolute atomic E-state index is 0.00815. The van der Waals surface area contributed by atoms with Gasteiger partial charge in [-0.15, -0.1) is 0 Å². The van der Waals surface area contributed by atoms with Gasteiger partial charge in [-0.3, -0.25) is 14.5 Å². The molecule has 0 aliphatic carbocycles. The molecule has 1 amide bonds. The summed E-state index contributed by atoms with van der Waals surface area (Å²) < 4.78 is 0. The molecule has 1 unspecified atom stereocenters. The number of rotatable bonds is 6. The highest BCUT2D eigenvalue weighted by Crippen LogP contribution is 2.41. The van der Waals surface area contributed by atoms with Crippen LogP contribution >= 0.6 is 0 Å². The zero-order valence-electron chi connectivity index (χ0n) is 17.8. The minimum atomic E-state index is -1.14. The second-order valence-corrected chi connectivity index (χ2v) is 7.71. The van der Waals surface area contributed by atoms with Gasteiger partial charge in [-0.1, -0.05) is 72.3 Å². The average Bonchev–Trinajstić information content (AvgIpc) is 3.09. The Hall–Kier alpha value is -4.45. The van der Waals surface area contributed by atoms with E-state index in [1.165, 1.54) is 29.2 Å². The van der Waals surface area contributed by atoms with Crippen LogP contribution in [0, 0.1) is 6.92 Å². The van der Waals surface area contributed by atoms with E-state index in [2.05, 4.69) is 0 Å². The fourth-order valence-corrected chi connectivity index (χ4v) is 3.80. The molecule has 6 heteroatoms. The molecule has 33 heavy (non-hydrogen) atoms. The third kappa shape index (κ3) is 4.32. The van der Waals surface area contributed by atoms with Crippen LogP contribution in [0.1, 0.15) is 33.1 Å². The Morgan fingerprint density at radius 3 is 2.30 bits per heavy atom. The Labute approximate surface area is 190 Å². The first-order valence-corrected chi connectivity index (χ1v) is 10.3. The van der Waals surface area contributed by atoms with Crippen molar-refractivity contribution >= 4 is 29.4 Å². The second kappa shape index (κ2) is 8.96. The largest absolute Gasteiger partial charge is 0.503 e. The highest BCUT2D eigenvalue weighted by Gasteiger charge is 2.43. The Balaban J connectivity index is 1.81. The lowest BCUT2D eigenvalue weighted by molar-refractivity contribution is -0.117. The van der Waals surface area contributed by atoms with Crippen LogP contribution in [0.25, 0.3) is 6.08 Å². The number of aliphatic hydroxyl groups excluding tert-OH is 1. The number of carboxylic acids is 1.